The van der Waals surface area contributed by atoms with Gasteiger partial charge in [0.2, 0.25) is 0 Å². The zero-order valence-electron chi connectivity index (χ0n) is 16.5. The lowest BCUT2D eigenvalue weighted by molar-refractivity contribution is -0.112. The molecule has 0 radical (unpaired) electrons. The maximum absolute atomic E-state index is 12.5. The molecule has 3 aromatic carbocycles. The summed E-state index contributed by atoms with van der Waals surface area (Å²) < 4.78 is 7.27. The number of nitrogens with one attached hydrogen (secondary N) is 1. The fourth-order valence-electron chi connectivity index (χ4n) is 2.72. The number of rotatable bonds is 6. The van der Waals surface area contributed by atoms with Crippen LogP contribution in [0.5, 0.6) is 5.75 Å². The van der Waals surface area contributed by atoms with Crippen molar-refractivity contribution in [1.82, 2.24) is 0 Å². The minimum Gasteiger partial charge on any atom is -0.486 e. The third-order valence-corrected chi connectivity index (χ3v) is 5.88. The molecule has 0 aliphatic carbocycles. The number of ether oxygens (including phenoxy) is 1. The maximum atomic E-state index is 12.5. The molecule has 0 aromatic heterocycles. The number of halogens is 3. The quantitative estimate of drug-likeness (QED) is 0.254. The number of hydrogen-bond donors (Lipinski definition) is 1. The van der Waals surface area contributed by atoms with E-state index in [4.69, 9.17) is 16.3 Å². The van der Waals surface area contributed by atoms with E-state index in [1.54, 1.807) is 24.3 Å². The summed E-state index contributed by atoms with van der Waals surface area (Å²) in [5.41, 5.74) is 3.23. The van der Waals surface area contributed by atoms with Crippen LogP contribution < -0.4 is 10.1 Å². The molecule has 0 aliphatic heterocycles. The van der Waals surface area contributed by atoms with E-state index in [0.717, 1.165) is 11.1 Å². The van der Waals surface area contributed by atoms with Crippen LogP contribution in [0, 0.1) is 18.3 Å². The van der Waals surface area contributed by atoms with Gasteiger partial charge in [0, 0.05) is 16.3 Å². The number of amides is 1. The van der Waals surface area contributed by atoms with E-state index < -0.39 is 5.91 Å². The highest BCUT2D eigenvalue weighted by atomic mass is 79.9. The van der Waals surface area contributed by atoms with E-state index in [1.165, 1.54) is 6.08 Å². The first-order valence-electron chi connectivity index (χ1n) is 9.22. The van der Waals surface area contributed by atoms with E-state index in [-0.39, 0.29) is 5.57 Å². The molecule has 156 valence electrons. The number of carbonyl (C=O) groups is 1. The van der Waals surface area contributed by atoms with Crippen LogP contribution in [0.1, 0.15) is 16.7 Å². The van der Waals surface area contributed by atoms with Gasteiger partial charge in [0.25, 0.3) is 5.91 Å². The summed E-state index contributed by atoms with van der Waals surface area (Å²) in [4.78, 5) is 12.5. The van der Waals surface area contributed by atoms with Gasteiger partial charge in [-0.3, -0.25) is 4.79 Å². The Morgan fingerprint density at radius 1 is 1.13 bits per heavy atom. The van der Waals surface area contributed by atoms with Crippen molar-refractivity contribution in [2.45, 2.75) is 13.5 Å². The lowest BCUT2D eigenvalue weighted by atomic mass is 10.1. The van der Waals surface area contributed by atoms with E-state index in [9.17, 15) is 10.1 Å². The Hall–Kier alpha value is -2.59. The predicted molar refractivity (Wildman–Crippen MR) is 131 cm³/mol. The summed E-state index contributed by atoms with van der Waals surface area (Å²) in [6.45, 7) is 2.26. The van der Waals surface area contributed by atoms with Gasteiger partial charge in [-0.25, -0.2) is 0 Å². The fraction of sp³-hybridized carbons (Fsp3) is 0.0833. The average Bonchev–Trinajstić information content (AvgIpc) is 2.74. The van der Waals surface area contributed by atoms with Crippen molar-refractivity contribution in [2.75, 3.05) is 5.32 Å². The second-order valence-electron chi connectivity index (χ2n) is 6.68. The molecule has 1 amide bonds. The third-order valence-electron chi connectivity index (χ3n) is 4.34. The molecule has 0 fully saturated rings. The monoisotopic (exact) mass is 558 g/mol. The number of nitriles is 1. The van der Waals surface area contributed by atoms with Crippen LogP contribution >= 0.6 is 43.5 Å². The lowest BCUT2D eigenvalue weighted by Crippen LogP contribution is -2.13. The van der Waals surface area contributed by atoms with Crippen molar-refractivity contribution in [3.05, 3.63) is 96.9 Å². The van der Waals surface area contributed by atoms with Gasteiger partial charge < -0.3 is 10.1 Å². The minimum atomic E-state index is -0.474. The van der Waals surface area contributed by atoms with E-state index >= 15 is 0 Å². The minimum absolute atomic E-state index is 0.0101. The molecule has 0 heterocycles. The molecular weight excluding hydrogens is 544 g/mol. The van der Waals surface area contributed by atoms with Crippen LogP contribution in [0.4, 0.5) is 5.69 Å². The Morgan fingerprint density at radius 3 is 2.39 bits per heavy atom. The first-order valence-corrected chi connectivity index (χ1v) is 11.2. The first kappa shape index (κ1) is 23.1. The molecule has 3 rings (SSSR count). The SMILES string of the molecule is Cc1ccc(NC(=O)/C(C#N)=C/c2cc(Br)c(OCc3ccccc3Cl)c(Br)c2)cc1. The van der Waals surface area contributed by atoms with Gasteiger partial charge in [0.1, 0.15) is 24.0 Å². The van der Waals surface area contributed by atoms with Gasteiger partial charge >= 0.3 is 0 Å². The normalized spacial score (nSPS) is 11.0. The van der Waals surface area contributed by atoms with Gasteiger partial charge in [-0.05, 0) is 80.8 Å². The largest absolute Gasteiger partial charge is 0.486 e. The van der Waals surface area contributed by atoms with E-state index in [2.05, 4.69) is 37.2 Å². The third kappa shape index (κ3) is 6.20. The Balaban J connectivity index is 1.77. The van der Waals surface area contributed by atoms with Gasteiger partial charge in [0.15, 0.2) is 0 Å². The fourth-order valence-corrected chi connectivity index (χ4v) is 4.36. The summed E-state index contributed by atoms with van der Waals surface area (Å²) in [6.07, 6.45) is 1.52. The van der Waals surface area contributed by atoms with E-state index in [1.807, 2.05) is 49.4 Å². The maximum Gasteiger partial charge on any atom is 0.266 e. The number of benzene rings is 3. The van der Waals surface area contributed by atoms with Gasteiger partial charge in [0.05, 0.1) is 8.95 Å². The van der Waals surface area contributed by atoms with Gasteiger partial charge in [-0.1, -0.05) is 47.5 Å². The Bertz CT molecular complexity index is 1160. The van der Waals surface area contributed by atoms with Crippen molar-refractivity contribution in [2.24, 2.45) is 0 Å². The molecule has 0 atom stereocenters. The van der Waals surface area contributed by atoms with Crippen LogP contribution in [-0.4, -0.2) is 5.91 Å². The van der Waals surface area contributed by atoms with Gasteiger partial charge in [-0.2, -0.15) is 5.26 Å². The van der Waals surface area contributed by atoms with Crippen LogP contribution in [0.3, 0.4) is 0 Å². The number of anilines is 1. The van der Waals surface area contributed by atoms with Crippen molar-refractivity contribution in [3.8, 4) is 11.8 Å². The first-order chi connectivity index (χ1) is 14.9. The smallest absolute Gasteiger partial charge is 0.266 e. The van der Waals surface area contributed by atoms with E-state index in [0.29, 0.717) is 37.6 Å². The molecule has 0 aliphatic rings. The summed E-state index contributed by atoms with van der Waals surface area (Å²) in [5.74, 6) is 0.123. The second-order valence-corrected chi connectivity index (χ2v) is 8.80. The zero-order chi connectivity index (χ0) is 22.4. The molecule has 0 unspecified atom stereocenters. The molecular formula is C24H17Br2ClN2O2. The lowest BCUT2D eigenvalue weighted by Gasteiger charge is -2.12. The highest BCUT2D eigenvalue weighted by Crippen LogP contribution is 2.36. The van der Waals surface area contributed by atoms with Crippen LogP contribution in [0.2, 0.25) is 5.02 Å². The van der Waals surface area contributed by atoms with Crippen molar-refractivity contribution in [1.29, 1.82) is 5.26 Å². The molecule has 0 saturated heterocycles. The summed E-state index contributed by atoms with van der Waals surface area (Å²) in [6, 6.07) is 20.3. The summed E-state index contributed by atoms with van der Waals surface area (Å²) in [5, 5.41) is 12.8. The molecule has 3 aromatic rings. The Morgan fingerprint density at radius 2 is 1.77 bits per heavy atom. The van der Waals surface area contributed by atoms with Crippen LogP contribution in [0.15, 0.2) is 75.2 Å². The number of aryl methyl sites for hydroxylation is 1. The summed E-state index contributed by atoms with van der Waals surface area (Å²) in [7, 11) is 0. The molecule has 0 saturated carbocycles. The van der Waals surface area contributed by atoms with Crippen molar-refractivity contribution < 1.29 is 9.53 Å². The zero-order valence-corrected chi connectivity index (χ0v) is 20.4. The second kappa shape index (κ2) is 10.6. The molecule has 1 N–H and O–H groups in total. The highest BCUT2D eigenvalue weighted by Gasteiger charge is 2.13. The number of nitrogens with zero attached hydrogens (tertiary/aromatic N) is 1. The Kier molecular flexibility index (Phi) is 7.91. The standard InChI is InChI=1S/C24H17Br2ClN2O2/c1-15-6-8-19(9-7-15)29-24(30)18(13-28)10-16-11-20(25)23(21(26)12-16)31-14-17-4-2-3-5-22(17)27/h2-12H,14H2,1H3,(H,29,30)/b18-10+. The van der Waals surface area contributed by atoms with Crippen LogP contribution in [0.25, 0.3) is 6.08 Å². The van der Waals surface area contributed by atoms with Gasteiger partial charge in [-0.15, -0.1) is 0 Å². The topological polar surface area (TPSA) is 62.1 Å². The Labute approximate surface area is 202 Å². The summed E-state index contributed by atoms with van der Waals surface area (Å²) >= 11 is 13.2. The molecule has 4 nitrogen and oxygen atoms in total. The van der Waals surface area contributed by atoms with Crippen LogP contribution in [-0.2, 0) is 11.4 Å². The molecule has 0 spiro atoms. The van der Waals surface area contributed by atoms with Crippen molar-refractivity contribution in [3.63, 3.8) is 0 Å². The average molecular weight is 561 g/mol. The highest BCUT2D eigenvalue weighted by molar-refractivity contribution is 9.11. The number of hydrogen-bond acceptors (Lipinski definition) is 3. The number of carbonyl (C=O) groups excluding carboxylic acids is 1. The molecule has 31 heavy (non-hydrogen) atoms. The predicted octanol–water partition coefficient (Wildman–Crippen LogP) is 7.30. The van der Waals surface area contributed by atoms with Crippen molar-refractivity contribution >= 4 is 61.1 Å². The molecule has 0 bridgehead atoms. The molecule has 7 heteroatoms.